The van der Waals surface area contributed by atoms with Crippen LogP contribution in [-0.2, 0) is 4.74 Å². The molecule has 0 spiro atoms. The number of methoxy groups -OCH3 is 1. The van der Waals surface area contributed by atoms with Crippen molar-refractivity contribution in [3.63, 3.8) is 0 Å². The standard InChI is InChI=1S/C23H24N6O3/c1-3-32-16-10-8-15(9-11-16)14-26-29-21(24)19(23(30)25-12-13-31-2)20-22(29)28-18-7-5-4-6-17(18)27-20/h4-11,14H,3,12-13,24H2,1-2H3,(H,25,30). The summed E-state index contributed by atoms with van der Waals surface area (Å²) in [6.07, 6.45) is 1.65. The zero-order chi connectivity index (χ0) is 22.5. The molecule has 0 saturated heterocycles. The molecule has 0 radical (unpaired) electrons. The van der Waals surface area contributed by atoms with E-state index in [-0.39, 0.29) is 17.3 Å². The van der Waals surface area contributed by atoms with Gasteiger partial charge in [0.1, 0.15) is 22.6 Å². The molecule has 0 aliphatic rings. The Bertz CT molecular complexity index is 1280. The molecule has 0 atom stereocenters. The lowest BCUT2D eigenvalue weighted by Crippen LogP contribution is -2.27. The number of para-hydroxylation sites is 2. The molecule has 0 saturated carbocycles. The molecule has 2 aromatic carbocycles. The van der Waals surface area contributed by atoms with Crippen LogP contribution in [-0.4, -0.2) is 53.6 Å². The number of hydrogen-bond acceptors (Lipinski definition) is 7. The van der Waals surface area contributed by atoms with Crippen molar-refractivity contribution in [1.29, 1.82) is 0 Å². The van der Waals surface area contributed by atoms with E-state index < -0.39 is 0 Å². The maximum absolute atomic E-state index is 12.9. The lowest BCUT2D eigenvalue weighted by Gasteiger charge is -2.04. The third kappa shape index (κ3) is 4.23. The van der Waals surface area contributed by atoms with Crippen molar-refractivity contribution in [3.8, 4) is 5.75 Å². The van der Waals surface area contributed by atoms with E-state index in [4.69, 9.17) is 15.2 Å². The zero-order valence-electron chi connectivity index (χ0n) is 17.9. The number of anilines is 1. The Morgan fingerprint density at radius 2 is 1.88 bits per heavy atom. The van der Waals surface area contributed by atoms with E-state index in [1.165, 1.54) is 4.68 Å². The fourth-order valence-electron chi connectivity index (χ4n) is 3.28. The zero-order valence-corrected chi connectivity index (χ0v) is 17.9. The minimum atomic E-state index is -0.357. The molecule has 9 heteroatoms. The largest absolute Gasteiger partial charge is 0.494 e. The first kappa shape index (κ1) is 21.3. The van der Waals surface area contributed by atoms with Crippen molar-refractivity contribution >= 4 is 40.1 Å². The normalized spacial score (nSPS) is 11.4. The first-order chi connectivity index (χ1) is 15.6. The van der Waals surface area contributed by atoms with E-state index >= 15 is 0 Å². The molecule has 0 unspecified atom stereocenters. The summed E-state index contributed by atoms with van der Waals surface area (Å²) in [5, 5.41) is 7.30. The molecule has 4 rings (SSSR count). The first-order valence-corrected chi connectivity index (χ1v) is 10.2. The molecule has 0 bridgehead atoms. The van der Waals surface area contributed by atoms with Crippen LogP contribution >= 0.6 is 0 Å². The van der Waals surface area contributed by atoms with Crippen LogP contribution in [0.3, 0.4) is 0 Å². The lowest BCUT2D eigenvalue weighted by molar-refractivity contribution is 0.0939. The van der Waals surface area contributed by atoms with Crippen LogP contribution < -0.4 is 15.8 Å². The highest BCUT2D eigenvalue weighted by Crippen LogP contribution is 2.27. The van der Waals surface area contributed by atoms with E-state index in [1.807, 2.05) is 55.5 Å². The molecule has 4 aromatic rings. The summed E-state index contributed by atoms with van der Waals surface area (Å²) in [6.45, 7) is 3.26. The van der Waals surface area contributed by atoms with E-state index in [2.05, 4.69) is 20.4 Å². The number of ether oxygens (including phenoxy) is 2. The lowest BCUT2D eigenvalue weighted by atomic mass is 10.2. The van der Waals surface area contributed by atoms with Gasteiger partial charge in [0.15, 0.2) is 5.65 Å². The Morgan fingerprint density at radius 3 is 2.56 bits per heavy atom. The minimum absolute atomic E-state index is 0.160. The molecule has 0 aliphatic carbocycles. The van der Waals surface area contributed by atoms with Crippen molar-refractivity contribution in [2.45, 2.75) is 6.92 Å². The van der Waals surface area contributed by atoms with Crippen LogP contribution in [0.5, 0.6) is 5.75 Å². The molecular weight excluding hydrogens is 408 g/mol. The maximum Gasteiger partial charge on any atom is 0.257 e. The Balaban J connectivity index is 1.79. The highest BCUT2D eigenvalue weighted by molar-refractivity contribution is 6.10. The molecular formula is C23H24N6O3. The summed E-state index contributed by atoms with van der Waals surface area (Å²) in [5.74, 6) is 0.583. The monoisotopic (exact) mass is 432 g/mol. The number of aromatic nitrogens is 3. The van der Waals surface area contributed by atoms with E-state index in [1.54, 1.807) is 13.3 Å². The summed E-state index contributed by atoms with van der Waals surface area (Å²) in [7, 11) is 1.57. The highest BCUT2D eigenvalue weighted by atomic mass is 16.5. The Morgan fingerprint density at radius 1 is 1.16 bits per heavy atom. The van der Waals surface area contributed by atoms with Crippen LogP contribution in [0.15, 0.2) is 53.6 Å². The van der Waals surface area contributed by atoms with Crippen molar-refractivity contribution in [1.82, 2.24) is 20.0 Å². The van der Waals surface area contributed by atoms with Crippen molar-refractivity contribution in [3.05, 3.63) is 59.7 Å². The van der Waals surface area contributed by atoms with Gasteiger partial charge in [-0.1, -0.05) is 12.1 Å². The second-order valence-corrected chi connectivity index (χ2v) is 6.95. The Labute approximate surface area is 184 Å². The highest BCUT2D eigenvalue weighted by Gasteiger charge is 2.23. The number of amides is 1. The molecule has 0 fully saturated rings. The van der Waals surface area contributed by atoms with Gasteiger partial charge in [0.25, 0.3) is 5.91 Å². The average molecular weight is 432 g/mol. The molecule has 32 heavy (non-hydrogen) atoms. The molecule has 2 aromatic heterocycles. The summed E-state index contributed by atoms with van der Waals surface area (Å²) in [5.41, 5.74) is 9.58. The predicted molar refractivity (Wildman–Crippen MR) is 124 cm³/mol. The maximum atomic E-state index is 12.9. The number of fused-ring (bicyclic) bond motifs is 2. The van der Waals surface area contributed by atoms with Gasteiger partial charge in [-0.05, 0) is 48.9 Å². The third-order valence-corrected chi connectivity index (χ3v) is 4.81. The van der Waals surface area contributed by atoms with Gasteiger partial charge < -0.3 is 20.5 Å². The van der Waals surface area contributed by atoms with Crippen LogP contribution in [0.25, 0.3) is 22.2 Å². The van der Waals surface area contributed by atoms with E-state index in [0.29, 0.717) is 42.0 Å². The SMILES string of the molecule is CCOc1ccc(C=Nn2c(N)c(C(=O)NCCOC)c3nc4ccccc4nc32)cc1. The van der Waals surface area contributed by atoms with Crippen molar-refractivity contribution in [2.24, 2.45) is 5.10 Å². The fraction of sp³-hybridized carbons (Fsp3) is 0.217. The number of carbonyl (C=O) groups is 1. The number of rotatable bonds is 8. The van der Waals surface area contributed by atoms with Crippen LogP contribution in [0.4, 0.5) is 5.82 Å². The van der Waals surface area contributed by atoms with E-state index in [9.17, 15) is 4.79 Å². The summed E-state index contributed by atoms with van der Waals surface area (Å²) >= 11 is 0. The van der Waals surface area contributed by atoms with Gasteiger partial charge in [-0.2, -0.15) is 9.78 Å². The van der Waals surface area contributed by atoms with Gasteiger partial charge in [-0.25, -0.2) is 9.97 Å². The predicted octanol–water partition coefficient (Wildman–Crippen LogP) is 2.82. The number of nitrogen functional groups attached to an aromatic ring is 1. The van der Waals surface area contributed by atoms with Crippen molar-refractivity contribution in [2.75, 3.05) is 32.6 Å². The smallest absolute Gasteiger partial charge is 0.257 e. The van der Waals surface area contributed by atoms with Gasteiger partial charge in [0, 0.05) is 13.7 Å². The molecule has 164 valence electrons. The van der Waals surface area contributed by atoms with Crippen molar-refractivity contribution < 1.29 is 14.3 Å². The number of nitrogens with zero attached hydrogens (tertiary/aromatic N) is 4. The van der Waals surface area contributed by atoms with Gasteiger partial charge in [0.2, 0.25) is 0 Å². The van der Waals surface area contributed by atoms with Gasteiger partial charge in [-0.3, -0.25) is 4.79 Å². The number of nitrogens with one attached hydrogen (secondary N) is 1. The van der Waals surface area contributed by atoms with Crippen LogP contribution in [0.2, 0.25) is 0 Å². The second kappa shape index (κ2) is 9.44. The van der Waals surface area contributed by atoms with Crippen LogP contribution in [0.1, 0.15) is 22.8 Å². The number of benzene rings is 2. The summed E-state index contributed by atoms with van der Waals surface area (Å²) in [4.78, 5) is 22.2. The van der Waals surface area contributed by atoms with Gasteiger partial charge in [0.05, 0.1) is 30.5 Å². The quantitative estimate of drug-likeness (QED) is 0.327. The molecule has 3 N–H and O–H groups in total. The Kier molecular flexibility index (Phi) is 6.27. The van der Waals surface area contributed by atoms with Crippen LogP contribution in [0, 0.1) is 0 Å². The Hall–Kier alpha value is -3.98. The average Bonchev–Trinajstić information content (AvgIpc) is 3.07. The first-order valence-electron chi connectivity index (χ1n) is 10.2. The topological polar surface area (TPSA) is 117 Å². The van der Waals surface area contributed by atoms with E-state index in [0.717, 1.165) is 11.3 Å². The van der Waals surface area contributed by atoms with Gasteiger partial charge in [-0.15, -0.1) is 0 Å². The van der Waals surface area contributed by atoms with Gasteiger partial charge >= 0.3 is 0 Å². The molecule has 2 heterocycles. The fourth-order valence-corrected chi connectivity index (χ4v) is 3.28. The molecule has 0 aliphatic heterocycles. The number of hydrogen-bond donors (Lipinski definition) is 2. The molecule has 1 amide bonds. The third-order valence-electron chi connectivity index (χ3n) is 4.81. The second-order valence-electron chi connectivity index (χ2n) is 6.95. The molecule has 9 nitrogen and oxygen atoms in total. The summed E-state index contributed by atoms with van der Waals surface area (Å²) < 4.78 is 11.9. The minimum Gasteiger partial charge on any atom is -0.494 e. The number of carbonyl (C=O) groups excluding carboxylic acids is 1. The number of nitrogens with two attached hydrogens (primary N) is 1. The summed E-state index contributed by atoms with van der Waals surface area (Å²) in [6, 6.07) is 14.9.